The zero-order valence-electron chi connectivity index (χ0n) is 16.8. The molecule has 1 amide bonds. The standard InChI is InChI=1S/C22H17F4N3O3S/c23-17-10-12-18(13-11-17)29(33(31,32)19-7-2-1-3-8-19)15-21(30)28-27-14-16-6-4-5-9-20(16)22(24,25)26/h1-14H,15H2,(H,28,30)/b27-14-. The Labute approximate surface area is 187 Å². The van der Waals surface area contributed by atoms with Gasteiger partial charge in [-0.25, -0.2) is 18.2 Å². The SMILES string of the molecule is O=C(CN(c1ccc(F)cc1)S(=O)(=O)c1ccccc1)N/N=C\c1ccccc1C(F)(F)F. The van der Waals surface area contributed by atoms with Crippen LogP contribution in [-0.4, -0.2) is 27.1 Å². The average molecular weight is 479 g/mol. The Balaban J connectivity index is 1.83. The van der Waals surface area contributed by atoms with E-state index < -0.39 is 40.0 Å². The quantitative estimate of drug-likeness (QED) is 0.314. The van der Waals surface area contributed by atoms with Gasteiger partial charge in [-0.15, -0.1) is 0 Å². The van der Waals surface area contributed by atoms with E-state index >= 15 is 0 Å². The summed E-state index contributed by atoms with van der Waals surface area (Å²) in [5.74, 6) is -1.52. The number of benzene rings is 3. The second kappa shape index (κ2) is 9.82. The van der Waals surface area contributed by atoms with Gasteiger partial charge in [0.1, 0.15) is 12.4 Å². The highest BCUT2D eigenvalue weighted by Gasteiger charge is 2.32. The molecule has 3 aromatic carbocycles. The molecule has 0 aliphatic heterocycles. The molecule has 0 bridgehead atoms. The van der Waals surface area contributed by atoms with Crippen LogP contribution in [-0.2, 0) is 21.0 Å². The lowest BCUT2D eigenvalue weighted by Gasteiger charge is -2.23. The highest BCUT2D eigenvalue weighted by Crippen LogP contribution is 2.31. The first-order valence-corrected chi connectivity index (χ1v) is 10.8. The predicted molar refractivity (Wildman–Crippen MR) is 115 cm³/mol. The summed E-state index contributed by atoms with van der Waals surface area (Å²) >= 11 is 0. The Bertz CT molecular complexity index is 1250. The largest absolute Gasteiger partial charge is 0.417 e. The lowest BCUT2D eigenvalue weighted by atomic mass is 10.1. The Kier molecular flexibility index (Phi) is 7.12. The molecule has 0 aliphatic carbocycles. The van der Waals surface area contributed by atoms with E-state index in [4.69, 9.17) is 0 Å². The molecule has 0 saturated carbocycles. The maximum absolute atomic E-state index is 13.3. The van der Waals surface area contributed by atoms with E-state index in [-0.39, 0.29) is 16.1 Å². The maximum atomic E-state index is 13.3. The van der Waals surface area contributed by atoms with Crippen LogP contribution in [0.15, 0.2) is 88.9 Å². The van der Waals surface area contributed by atoms with Crippen LogP contribution in [0.5, 0.6) is 0 Å². The van der Waals surface area contributed by atoms with Crippen molar-refractivity contribution in [3.05, 3.63) is 95.8 Å². The van der Waals surface area contributed by atoms with Crippen molar-refractivity contribution in [2.24, 2.45) is 5.10 Å². The number of hydrogen-bond acceptors (Lipinski definition) is 4. The molecule has 0 heterocycles. The number of halogens is 4. The monoisotopic (exact) mass is 479 g/mol. The van der Waals surface area contributed by atoms with Gasteiger partial charge in [0.25, 0.3) is 15.9 Å². The molecule has 3 aromatic rings. The summed E-state index contributed by atoms with van der Waals surface area (Å²) in [5.41, 5.74) is 0.821. The van der Waals surface area contributed by atoms with E-state index in [2.05, 4.69) is 5.10 Å². The molecule has 0 atom stereocenters. The molecule has 0 radical (unpaired) electrons. The number of carbonyl (C=O) groups excluding carboxylic acids is 1. The van der Waals surface area contributed by atoms with Gasteiger partial charge in [-0.1, -0.05) is 36.4 Å². The maximum Gasteiger partial charge on any atom is 0.417 e. The number of hydrogen-bond donors (Lipinski definition) is 1. The van der Waals surface area contributed by atoms with Crippen molar-refractivity contribution in [3.63, 3.8) is 0 Å². The fraction of sp³-hybridized carbons (Fsp3) is 0.0909. The Morgan fingerprint density at radius 3 is 2.18 bits per heavy atom. The molecule has 0 spiro atoms. The van der Waals surface area contributed by atoms with Gasteiger partial charge >= 0.3 is 6.18 Å². The fourth-order valence-electron chi connectivity index (χ4n) is 2.85. The fourth-order valence-corrected chi connectivity index (χ4v) is 4.29. The van der Waals surface area contributed by atoms with E-state index in [1.165, 1.54) is 54.6 Å². The smallest absolute Gasteiger partial charge is 0.271 e. The molecule has 33 heavy (non-hydrogen) atoms. The number of hydrazone groups is 1. The Morgan fingerprint density at radius 2 is 1.55 bits per heavy atom. The van der Waals surface area contributed by atoms with Gasteiger partial charge in [0.05, 0.1) is 22.4 Å². The minimum atomic E-state index is -4.62. The molecule has 3 rings (SSSR count). The summed E-state index contributed by atoms with van der Waals surface area (Å²) < 4.78 is 79.5. The molecule has 0 aliphatic rings. The zero-order valence-corrected chi connectivity index (χ0v) is 17.6. The van der Waals surface area contributed by atoms with Crippen molar-refractivity contribution >= 4 is 27.8 Å². The molecular formula is C22H17F4N3O3S. The number of rotatable bonds is 7. The second-order valence-electron chi connectivity index (χ2n) is 6.68. The summed E-state index contributed by atoms with van der Waals surface area (Å²) in [5, 5.41) is 3.53. The molecular weight excluding hydrogens is 462 g/mol. The molecule has 11 heteroatoms. The third-order valence-electron chi connectivity index (χ3n) is 4.39. The second-order valence-corrected chi connectivity index (χ2v) is 8.54. The van der Waals surface area contributed by atoms with Crippen LogP contribution in [0.2, 0.25) is 0 Å². The van der Waals surface area contributed by atoms with Crippen LogP contribution in [0.25, 0.3) is 0 Å². The van der Waals surface area contributed by atoms with Crippen LogP contribution >= 0.6 is 0 Å². The van der Waals surface area contributed by atoms with E-state index in [0.717, 1.165) is 28.7 Å². The number of carbonyl (C=O) groups is 1. The van der Waals surface area contributed by atoms with Crippen LogP contribution in [0.4, 0.5) is 23.2 Å². The van der Waals surface area contributed by atoms with Gasteiger partial charge in [-0.3, -0.25) is 9.10 Å². The highest BCUT2D eigenvalue weighted by atomic mass is 32.2. The molecule has 0 saturated heterocycles. The predicted octanol–water partition coefficient (Wildman–Crippen LogP) is 4.19. The van der Waals surface area contributed by atoms with Gasteiger partial charge in [0.15, 0.2) is 0 Å². The minimum Gasteiger partial charge on any atom is -0.271 e. The molecule has 0 unspecified atom stereocenters. The summed E-state index contributed by atoms with van der Waals surface area (Å²) in [6.07, 6.45) is -3.80. The molecule has 172 valence electrons. The summed E-state index contributed by atoms with van der Waals surface area (Å²) in [7, 11) is -4.22. The number of alkyl halides is 3. The van der Waals surface area contributed by atoms with Crippen molar-refractivity contribution in [3.8, 4) is 0 Å². The van der Waals surface area contributed by atoms with E-state index in [1.54, 1.807) is 6.07 Å². The van der Waals surface area contributed by atoms with E-state index in [9.17, 15) is 30.8 Å². The third kappa shape index (κ3) is 5.95. The highest BCUT2D eigenvalue weighted by molar-refractivity contribution is 7.92. The number of nitrogens with zero attached hydrogens (tertiary/aromatic N) is 2. The van der Waals surface area contributed by atoms with E-state index in [0.29, 0.717) is 0 Å². The Morgan fingerprint density at radius 1 is 0.939 bits per heavy atom. The molecule has 0 fully saturated rings. The zero-order chi connectivity index (χ0) is 24.1. The first kappa shape index (κ1) is 23.9. The van der Waals surface area contributed by atoms with Crippen molar-refractivity contribution in [1.82, 2.24) is 5.43 Å². The lowest BCUT2D eigenvalue weighted by Crippen LogP contribution is -2.39. The first-order chi connectivity index (χ1) is 15.6. The van der Waals surface area contributed by atoms with Gasteiger partial charge in [0, 0.05) is 5.56 Å². The summed E-state index contributed by atoms with van der Waals surface area (Å²) in [4.78, 5) is 12.3. The molecule has 0 aromatic heterocycles. The van der Waals surface area contributed by atoms with Gasteiger partial charge in [-0.05, 0) is 42.5 Å². The van der Waals surface area contributed by atoms with Crippen molar-refractivity contribution in [1.29, 1.82) is 0 Å². The van der Waals surface area contributed by atoms with Gasteiger partial charge in [-0.2, -0.15) is 18.3 Å². The normalized spacial score (nSPS) is 12.0. The third-order valence-corrected chi connectivity index (χ3v) is 6.18. The summed E-state index contributed by atoms with van der Waals surface area (Å²) in [6, 6.07) is 16.3. The first-order valence-electron chi connectivity index (χ1n) is 9.40. The average Bonchev–Trinajstić information content (AvgIpc) is 2.78. The van der Waals surface area contributed by atoms with Crippen LogP contribution in [0.3, 0.4) is 0 Å². The number of amides is 1. The topological polar surface area (TPSA) is 78.8 Å². The summed E-state index contributed by atoms with van der Waals surface area (Å²) in [6.45, 7) is -0.749. The molecule has 1 N–H and O–H groups in total. The van der Waals surface area contributed by atoms with Crippen LogP contribution in [0, 0.1) is 5.82 Å². The van der Waals surface area contributed by atoms with Gasteiger partial charge < -0.3 is 0 Å². The molecule has 6 nitrogen and oxygen atoms in total. The van der Waals surface area contributed by atoms with Crippen LogP contribution < -0.4 is 9.73 Å². The number of sulfonamides is 1. The number of nitrogens with one attached hydrogen (secondary N) is 1. The lowest BCUT2D eigenvalue weighted by molar-refractivity contribution is -0.137. The Hall–Kier alpha value is -3.73. The minimum absolute atomic E-state index is 0.0156. The van der Waals surface area contributed by atoms with Gasteiger partial charge in [0.2, 0.25) is 0 Å². The van der Waals surface area contributed by atoms with Crippen molar-refractivity contribution in [2.75, 3.05) is 10.8 Å². The van der Waals surface area contributed by atoms with E-state index in [1.807, 2.05) is 5.43 Å². The van der Waals surface area contributed by atoms with Crippen molar-refractivity contribution in [2.45, 2.75) is 11.1 Å². The van der Waals surface area contributed by atoms with Crippen LogP contribution in [0.1, 0.15) is 11.1 Å². The number of anilines is 1. The van der Waals surface area contributed by atoms with Crippen molar-refractivity contribution < 1.29 is 30.8 Å².